The fraction of sp³-hybridized carbons (Fsp3) is 0.364. The molecule has 0 aliphatic heterocycles. The third-order valence-corrected chi connectivity index (χ3v) is 2.26. The molecule has 0 N–H and O–H groups in total. The topological polar surface area (TPSA) is 52.8 Å². The van der Waals surface area contributed by atoms with Gasteiger partial charge in [0.25, 0.3) is 5.82 Å². The highest BCUT2D eigenvalue weighted by Crippen LogP contribution is 2.28. The number of rotatable bonds is 4. The molecule has 0 radical (unpaired) electrons. The van der Waals surface area contributed by atoms with Gasteiger partial charge in [-0.2, -0.15) is 17.9 Å². The molecule has 0 aliphatic rings. The molecule has 0 saturated carbocycles. The van der Waals surface area contributed by atoms with E-state index in [9.17, 15) is 13.2 Å². The van der Waals surface area contributed by atoms with Crippen molar-refractivity contribution in [2.24, 2.45) is 0 Å². The van der Waals surface area contributed by atoms with E-state index in [4.69, 9.17) is 4.74 Å². The SMILES string of the molecule is CCCOc1cccc(-n2nnnc2C(F)(F)F)c1. The van der Waals surface area contributed by atoms with Crippen molar-refractivity contribution >= 4 is 0 Å². The minimum atomic E-state index is -4.61. The highest BCUT2D eigenvalue weighted by molar-refractivity contribution is 5.39. The van der Waals surface area contributed by atoms with Gasteiger partial charge in [-0.25, -0.2) is 0 Å². The van der Waals surface area contributed by atoms with Gasteiger partial charge < -0.3 is 4.74 Å². The normalized spacial score (nSPS) is 11.6. The molecule has 1 heterocycles. The van der Waals surface area contributed by atoms with E-state index in [0.717, 1.165) is 6.42 Å². The Morgan fingerprint density at radius 2 is 2.11 bits per heavy atom. The summed E-state index contributed by atoms with van der Waals surface area (Å²) in [6.45, 7) is 2.43. The fourth-order valence-corrected chi connectivity index (χ4v) is 1.46. The van der Waals surface area contributed by atoms with E-state index in [1.807, 2.05) is 6.92 Å². The lowest BCUT2D eigenvalue weighted by Crippen LogP contribution is -2.14. The summed E-state index contributed by atoms with van der Waals surface area (Å²) >= 11 is 0. The van der Waals surface area contributed by atoms with Gasteiger partial charge in [-0.1, -0.05) is 13.0 Å². The predicted molar refractivity (Wildman–Crippen MR) is 59.9 cm³/mol. The molecule has 0 aliphatic carbocycles. The maximum atomic E-state index is 12.7. The average molecular weight is 272 g/mol. The summed E-state index contributed by atoms with van der Waals surface area (Å²) in [5, 5.41) is 9.40. The first-order valence-corrected chi connectivity index (χ1v) is 5.61. The van der Waals surface area contributed by atoms with Crippen LogP contribution >= 0.6 is 0 Å². The van der Waals surface area contributed by atoms with Crippen LogP contribution in [0.2, 0.25) is 0 Å². The second-order valence-corrected chi connectivity index (χ2v) is 3.76. The number of ether oxygens (including phenoxy) is 1. The van der Waals surface area contributed by atoms with Crippen molar-refractivity contribution in [1.82, 2.24) is 20.2 Å². The van der Waals surface area contributed by atoms with Crippen molar-refractivity contribution < 1.29 is 17.9 Å². The maximum Gasteiger partial charge on any atom is 0.453 e. The molecule has 0 unspecified atom stereocenters. The second kappa shape index (κ2) is 5.25. The van der Waals surface area contributed by atoms with Crippen LogP contribution in [0.4, 0.5) is 13.2 Å². The van der Waals surface area contributed by atoms with Crippen LogP contribution in [0, 0.1) is 0 Å². The lowest BCUT2D eigenvalue weighted by Gasteiger charge is -2.09. The number of hydrogen-bond acceptors (Lipinski definition) is 4. The quantitative estimate of drug-likeness (QED) is 0.858. The van der Waals surface area contributed by atoms with E-state index in [-0.39, 0.29) is 5.69 Å². The zero-order valence-corrected chi connectivity index (χ0v) is 10.1. The molecule has 0 bridgehead atoms. The van der Waals surface area contributed by atoms with Crippen molar-refractivity contribution in [2.45, 2.75) is 19.5 Å². The zero-order valence-electron chi connectivity index (χ0n) is 10.1. The van der Waals surface area contributed by atoms with E-state index >= 15 is 0 Å². The summed E-state index contributed by atoms with van der Waals surface area (Å²) in [6, 6.07) is 6.19. The highest BCUT2D eigenvalue weighted by atomic mass is 19.4. The number of alkyl halides is 3. The Balaban J connectivity index is 2.34. The number of tetrazole rings is 1. The van der Waals surface area contributed by atoms with Crippen LogP contribution in [0.25, 0.3) is 5.69 Å². The Morgan fingerprint density at radius 3 is 2.79 bits per heavy atom. The molecule has 1 aromatic carbocycles. The summed E-state index contributed by atoms with van der Waals surface area (Å²) in [5.41, 5.74) is 0.200. The number of aromatic nitrogens is 4. The molecule has 8 heteroatoms. The van der Waals surface area contributed by atoms with Gasteiger partial charge in [0.1, 0.15) is 5.75 Å². The Labute approximate surface area is 107 Å². The Kier molecular flexibility index (Phi) is 3.68. The fourth-order valence-electron chi connectivity index (χ4n) is 1.46. The summed E-state index contributed by atoms with van der Waals surface area (Å²) in [5.74, 6) is -0.692. The molecule has 0 saturated heterocycles. The zero-order chi connectivity index (χ0) is 13.9. The Bertz CT molecular complexity index is 553. The van der Waals surface area contributed by atoms with Crippen LogP contribution in [0.3, 0.4) is 0 Å². The molecule has 0 atom stereocenters. The van der Waals surface area contributed by atoms with Crippen molar-refractivity contribution in [3.63, 3.8) is 0 Å². The number of halogens is 3. The van der Waals surface area contributed by atoms with Crippen LogP contribution in [0.5, 0.6) is 5.75 Å². The number of hydrogen-bond donors (Lipinski definition) is 0. The maximum absolute atomic E-state index is 12.7. The van der Waals surface area contributed by atoms with Crippen LogP contribution in [0.1, 0.15) is 19.2 Å². The summed E-state index contributed by atoms with van der Waals surface area (Å²) < 4.78 is 44.0. The molecule has 0 fully saturated rings. The molecule has 0 amide bonds. The van der Waals surface area contributed by atoms with Crippen LogP contribution < -0.4 is 4.74 Å². The smallest absolute Gasteiger partial charge is 0.453 e. The number of benzene rings is 1. The number of nitrogens with zero attached hydrogens (tertiary/aromatic N) is 4. The van der Waals surface area contributed by atoms with Gasteiger partial charge in [-0.15, -0.1) is 5.10 Å². The molecule has 2 rings (SSSR count). The molecule has 102 valence electrons. The molecule has 0 spiro atoms. The predicted octanol–water partition coefficient (Wildman–Crippen LogP) is 2.47. The largest absolute Gasteiger partial charge is 0.494 e. The second-order valence-electron chi connectivity index (χ2n) is 3.76. The highest BCUT2D eigenvalue weighted by Gasteiger charge is 2.38. The first-order valence-electron chi connectivity index (χ1n) is 5.61. The van der Waals surface area contributed by atoms with Gasteiger partial charge in [0.15, 0.2) is 0 Å². The lowest BCUT2D eigenvalue weighted by atomic mass is 10.3. The lowest BCUT2D eigenvalue weighted by molar-refractivity contribution is -0.146. The van der Waals surface area contributed by atoms with Gasteiger partial charge in [-0.05, 0) is 29.0 Å². The van der Waals surface area contributed by atoms with Gasteiger partial charge in [0, 0.05) is 6.07 Å². The van der Waals surface area contributed by atoms with Crippen molar-refractivity contribution in [3.8, 4) is 11.4 Å². The summed E-state index contributed by atoms with van der Waals surface area (Å²) in [6.07, 6.45) is -3.80. The van der Waals surface area contributed by atoms with Crippen molar-refractivity contribution in [1.29, 1.82) is 0 Å². The molecule has 1 aromatic heterocycles. The van der Waals surface area contributed by atoms with E-state index in [0.29, 0.717) is 17.0 Å². The monoisotopic (exact) mass is 272 g/mol. The summed E-state index contributed by atoms with van der Waals surface area (Å²) in [4.78, 5) is 0. The van der Waals surface area contributed by atoms with E-state index in [1.165, 1.54) is 12.1 Å². The third-order valence-electron chi connectivity index (χ3n) is 2.26. The van der Waals surface area contributed by atoms with Gasteiger partial charge in [-0.3, -0.25) is 0 Å². The first-order chi connectivity index (χ1) is 9.02. The minimum Gasteiger partial charge on any atom is -0.494 e. The molecule has 19 heavy (non-hydrogen) atoms. The first kappa shape index (κ1) is 13.3. The molecule has 5 nitrogen and oxygen atoms in total. The van der Waals surface area contributed by atoms with E-state index in [2.05, 4.69) is 15.5 Å². The van der Waals surface area contributed by atoms with Crippen LogP contribution in [-0.2, 0) is 6.18 Å². The van der Waals surface area contributed by atoms with Crippen molar-refractivity contribution in [3.05, 3.63) is 30.1 Å². The minimum absolute atomic E-state index is 0.200. The average Bonchev–Trinajstić information content (AvgIpc) is 2.86. The molecular weight excluding hydrogens is 261 g/mol. The van der Waals surface area contributed by atoms with E-state index < -0.39 is 12.0 Å². The van der Waals surface area contributed by atoms with Crippen LogP contribution in [0.15, 0.2) is 24.3 Å². The van der Waals surface area contributed by atoms with Gasteiger partial charge >= 0.3 is 6.18 Å². The van der Waals surface area contributed by atoms with Crippen molar-refractivity contribution in [2.75, 3.05) is 6.61 Å². The third kappa shape index (κ3) is 3.01. The van der Waals surface area contributed by atoms with E-state index in [1.54, 1.807) is 12.1 Å². The molecular formula is C11H11F3N4O. The molecule has 2 aromatic rings. The Hall–Kier alpha value is -2.12. The van der Waals surface area contributed by atoms with Gasteiger partial charge in [0.2, 0.25) is 0 Å². The summed E-state index contributed by atoms with van der Waals surface area (Å²) in [7, 11) is 0. The standard InChI is InChI=1S/C11H11F3N4O/c1-2-6-19-9-5-3-4-8(7-9)18-10(11(12,13)14)15-16-17-18/h3-5,7H,2,6H2,1H3. The van der Waals surface area contributed by atoms with Gasteiger partial charge in [0.05, 0.1) is 12.3 Å². The van der Waals surface area contributed by atoms with Crippen LogP contribution in [-0.4, -0.2) is 26.8 Å². The Morgan fingerprint density at radius 1 is 1.32 bits per heavy atom.